The molecule has 3 aromatic carbocycles. The highest BCUT2D eigenvalue weighted by atomic mass is 16.6. The van der Waals surface area contributed by atoms with Gasteiger partial charge in [0.15, 0.2) is 0 Å². The molecule has 0 aromatic heterocycles. The topological polar surface area (TPSA) is 61.8 Å². The zero-order valence-electron chi connectivity index (χ0n) is 14.1. The number of rotatable bonds is 5. The second-order valence-electron chi connectivity index (χ2n) is 6.22. The Balaban J connectivity index is 1.51. The first-order valence-corrected chi connectivity index (χ1v) is 8.55. The Morgan fingerprint density at radius 2 is 1.69 bits per heavy atom. The lowest BCUT2D eigenvalue weighted by atomic mass is 9.97. The molecule has 5 heteroatoms. The van der Waals surface area contributed by atoms with Crippen LogP contribution in [0.4, 0.5) is 0 Å². The Morgan fingerprint density at radius 3 is 2.31 bits per heavy atom. The summed E-state index contributed by atoms with van der Waals surface area (Å²) in [5, 5.41) is 4.44. The third-order valence-corrected chi connectivity index (χ3v) is 4.51. The third-order valence-electron chi connectivity index (χ3n) is 4.51. The van der Waals surface area contributed by atoms with E-state index >= 15 is 0 Å². The summed E-state index contributed by atoms with van der Waals surface area (Å²) in [5.41, 5.74) is 1.03. The lowest BCUT2D eigenvalue weighted by Gasteiger charge is -2.13. The lowest BCUT2D eigenvalue weighted by Crippen LogP contribution is -2.25. The summed E-state index contributed by atoms with van der Waals surface area (Å²) in [6.45, 7) is 0.368. The molecule has 0 bridgehead atoms. The summed E-state index contributed by atoms with van der Waals surface area (Å²) < 4.78 is 15.5. The quantitative estimate of drug-likeness (QED) is 0.521. The van der Waals surface area contributed by atoms with Gasteiger partial charge in [-0.25, -0.2) is 9.59 Å². The predicted molar refractivity (Wildman–Crippen MR) is 96.6 cm³/mol. The van der Waals surface area contributed by atoms with Crippen LogP contribution in [0.3, 0.4) is 0 Å². The van der Waals surface area contributed by atoms with Gasteiger partial charge in [-0.05, 0) is 33.2 Å². The molecule has 0 amide bonds. The minimum atomic E-state index is -0.801. The van der Waals surface area contributed by atoms with E-state index in [4.69, 9.17) is 14.2 Å². The molecular formula is C21H18O5. The summed E-state index contributed by atoms with van der Waals surface area (Å²) in [5.74, 6) is -1.04. The molecule has 1 fully saturated rings. The number of ether oxygens (including phenoxy) is 3. The second kappa shape index (κ2) is 7.14. The van der Waals surface area contributed by atoms with E-state index in [1.54, 1.807) is 0 Å². The van der Waals surface area contributed by atoms with Gasteiger partial charge in [0.1, 0.15) is 6.61 Å². The molecule has 0 aliphatic carbocycles. The van der Waals surface area contributed by atoms with Crippen molar-refractivity contribution in [3.05, 3.63) is 60.2 Å². The zero-order valence-corrected chi connectivity index (χ0v) is 14.1. The molecule has 5 nitrogen and oxygen atoms in total. The van der Waals surface area contributed by atoms with Crippen LogP contribution in [-0.2, 0) is 30.4 Å². The Bertz CT molecular complexity index is 924. The lowest BCUT2D eigenvalue weighted by molar-refractivity contribution is -0.163. The van der Waals surface area contributed by atoms with Crippen molar-refractivity contribution >= 4 is 33.5 Å². The average Bonchev–Trinajstić information content (AvgIpc) is 3.05. The van der Waals surface area contributed by atoms with Crippen molar-refractivity contribution in [3.8, 4) is 0 Å². The first-order chi connectivity index (χ1) is 12.7. The molecule has 1 heterocycles. The Labute approximate surface area is 150 Å². The standard InChI is InChI=1S/C21H18O5/c22-20(26-19-9-10-25-21(19)23)13-24-12-18-16-7-3-1-5-14(16)11-15-6-2-4-8-17(15)18/h1-8,11,19H,9-10,12-13H2. The maximum absolute atomic E-state index is 11.9. The fourth-order valence-electron chi connectivity index (χ4n) is 3.28. The molecule has 1 aliphatic heterocycles. The maximum Gasteiger partial charge on any atom is 0.347 e. The smallest absolute Gasteiger partial charge is 0.347 e. The number of cyclic esters (lactones) is 1. The summed E-state index contributed by atoms with van der Waals surface area (Å²) in [6.07, 6.45) is -0.400. The monoisotopic (exact) mass is 350 g/mol. The van der Waals surface area contributed by atoms with E-state index in [2.05, 4.69) is 18.2 Å². The largest absolute Gasteiger partial charge is 0.463 e. The van der Waals surface area contributed by atoms with Crippen molar-refractivity contribution in [2.45, 2.75) is 19.1 Å². The molecule has 1 atom stereocenters. The van der Waals surface area contributed by atoms with Crippen LogP contribution in [0.5, 0.6) is 0 Å². The summed E-state index contributed by atoms with van der Waals surface area (Å²) in [4.78, 5) is 23.3. The first-order valence-electron chi connectivity index (χ1n) is 8.55. The van der Waals surface area contributed by atoms with Crippen LogP contribution < -0.4 is 0 Å². The highest BCUT2D eigenvalue weighted by Gasteiger charge is 2.30. The van der Waals surface area contributed by atoms with Gasteiger partial charge in [-0.2, -0.15) is 0 Å². The van der Waals surface area contributed by atoms with Crippen LogP contribution in [0, 0.1) is 0 Å². The molecular weight excluding hydrogens is 332 g/mol. The zero-order chi connectivity index (χ0) is 17.9. The van der Waals surface area contributed by atoms with E-state index in [0.29, 0.717) is 13.0 Å². The van der Waals surface area contributed by atoms with E-state index in [0.717, 1.165) is 27.1 Å². The minimum Gasteiger partial charge on any atom is -0.463 e. The van der Waals surface area contributed by atoms with Crippen LogP contribution in [0.25, 0.3) is 21.5 Å². The number of benzene rings is 3. The number of hydrogen-bond acceptors (Lipinski definition) is 5. The van der Waals surface area contributed by atoms with Crippen molar-refractivity contribution in [1.29, 1.82) is 0 Å². The molecule has 3 aromatic rings. The SMILES string of the molecule is O=C(COCc1c2ccccc2cc2ccccc12)OC1CCOC1=O. The number of carbonyl (C=O) groups is 2. The number of fused-ring (bicyclic) bond motifs is 2. The van der Waals surface area contributed by atoms with Crippen LogP contribution >= 0.6 is 0 Å². The highest BCUT2D eigenvalue weighted by Crippen LogP contribution is 2.29. The van der Waals surface area contributed by atoms with Crippen molar-refractivity contribution in [2.75, 3.05) is 13.2 Å². The van der Waals surface area contributed by atoms with Crippen molar-refractivity contribution in [3.63, 3.8) is 0 Å². The number of esters is 2. The molecule has 132 valence electrons. The Morgan fingerprint density at radius 1 is 1.04 bits per heavy atom. The van der Waals surface area contributed by atoms with Gasteiger partial charge >= 0.3 is 11.9 Å². The Hall–Kier alpha value is -2.92. The van der Waals surface area contributed by atoms with Gasteiger partial charge in [-0.1, -0.05) is 48.5 Å². The molecule has 1 saturated heterocycles. The molecule has 1 unspecified atom stereocenters. The van der Waals surface area contributed by atoms with Crippen LogP contribution in [0.2, 0.25) is 0 Å². The summed E-state index contributed by atoms with van der Waals surface area (Å²) in [7, 11) is 0. The van der Waals surface area contributed by atoms with Crippen LogP contribution in [0.1, 0.15) is 12.0 Å². The fraction of sp³-hybridized carbons (Fsp3) is 0.238. The molecule has 1 aliphatic rings. The minimum absolute atomic E-state index is 0.207. The van der Waals surface area contributed by atoms with Crippen LogP contribution in [-0.4, -0.2) is 31.3 Å². The molecule has 0 spiro atoms. The summed E-state index contributed by atoms with van der Waals surface area (Å²) >= 11 is 0. The van der Waals surface area contributed by atoms with Crippen molar-refractivity contribution in [1.82, 2.24) is 0 Å². The molecule has 4 rings (SSSR count). The Kier molecular flexibility index (Phi) is 4.54. The molecule has 26 heavy (non-hydrogen) atoms. The normalized spacial score (nSPS) is 16.8. The maximum atomic E-state index is 11.9. The summed E-state index contributed by atoms with van der Waals surface area (Å²) in [6, 6.07) is 18.3. The van der Waals surface area contributed by atoms with Gasteiger partial charge in [0, 0.05) is 6.42 Å². The fourth-order valence-corrected chi connectivity index (χ4v) is 3.28. The van der Waals surface area contributed by atoms with Gasteiger partial charge in [-0.15, -0.1) is 0 Å². The molecule has 0 radical (unpaired) electrons. The first kappa shape index (κ1) is 16.5. The van der Waals surface area contributed by atoms with Gasteiger partial charge in [0.05, 0.1) is 13.2 Å². The van der Waals surface area contributed by atoms with E-state index in [1.807, 2.05) is 36.4 Å². The van der Waals surface area contributed by atoms with E-state index in [9.17, 15) is 9.59 Å². The van der Waals surface area contributed by atoms with Crippen molar-refractivity contribution < 1.29 is 23.8 Å². The van der Waals surface area contributed by atoms with E-state index in [-0.39, 0.29) is 13.2 Å². The molecule has 0 N–H and O–H groups in total. The van der Waals surface area contributed by atoms with Gasteiger partial charge in [0.2, 0.25) is 6.10 Å². The van der Waals surface area contributed by atoms with Gasteiger partial charge in [0.25, 0.3) is 0 Å². The number of hydrogen-bond donors (Lipinski definition) is 0. The highest BCUT2D eigenvalue weighted by molar-refractivity contribution is 6.02. The second-order valence-corrected chi connectivity index (χ2v) is 6.22. The average molecular weight is 350 g/mol. The van der Waals surface area contributed by atoms with Crippen LogP contribution in [0.15, 0.2) is 54.6 Å². The predicted octanol–water partition coefficient (Wildman–Crippen LogP) is 3.37. The molecule has 0 saturated carbocycles. The van der Waals surface area contributed by atoms with Crippen molar-refractivity contribution in [2.24, 2.45) is 0 Å². The number of carbonyl (C=O) groups excluding carboxylic acids is 2. The van der Waals surface area contributed by atoms with Gasteiger partial charge < -0.3 is 14.2 Å². The van der Waals surface area contributed by atoms with Gasteiger partial charge in [-0.3, -0.25) is 0 Å². The van der Waals surface area contributed by atoms with E-state index in [1.165, 1.54) is 0 Å². The van der Waals surface area contributed by atoms with E-state index < -0.39 is 18.0 Å². The third kappa shape index (κ3) is 3.26.